The predicted molar refractivity (Wildman–Crippen MR) is 94.3 cm³/mol. The number of carbonyl (C=O) groups is 3. The molecule has 0 heterocycles. The first kappa shape index (κ1) is 20.1. The highest BCUT2D eigenvalue weighted by molar-refractivity contribution is 5.95. The molecule has 5 N–H and O–H groups in total. The van der Waals surface area contributed by atoms with E-state index in [2.05, 4.69) is 10.5 Å². The highest BCUT2D eigenvalue weighted by Crippen LogP contribution is 2.17. The minimum Gasteiger partial charge on any atom is -0.462 e. The van der Waals surface area contributed by atoms with Gasteiger partial charge in [0.2, 0.25) is 5.91 Å². The summed E-state index contributed by atoms with van der Waals surface area (Å²) in [6.07, 6.45) is 0.357. The second kappa shape index (κ2) is 10.0. The van der Waals surface area contributed by atoms with Gasteiger partial charge < -0.3 is 21.1 Å². The second-order valence-electron chi connectivity index (χ2n) is 5.05. The number of rotatable bonds is 8. The summed E-state index contributed by atoms with van der Waals surface area (Å²) in [5.41, 5.74) is 14.2. The number of benzene rings is 1. The summed E-state index contributed by atoms with van der Waals surface area (Å²) < 4.78 is 4.92. The summed E-state index contributed by atoms with van der Waals surface area (Å²) in [7, 11) is 0. The van der Waals surface area contributed by atoms with Crippen LogP contribution in [0.5, 0.6) is 0 Å². The lowest BCUT2D eigenvalue weighted by Gasteiger charge is -2.21. The molecule has 0 saturated carbocycles. The van der Waals surface area contributed by atoms with E-state index in [0.717, 1.165) is 0 Å². The van der Waals surface area contributed by atoms with Crippen LogP contribution in [0, 0.1) is 0 Å². The first-order valence-electron chi connectivity index (χ1n) is 7.75. The van der Waals surface area contributed by atoms with Crippen molar-refractivity contribution in [3.63, 3.8) is 0 Å². The highest BCUT2D eigenvalue weighted by atomic mass is 16.5. The third kappa shape index (κ3) is 6.60. The van der Waals surface area contributed by atoms with Crippen LogP contribution in [0.15, 0.2) is 29.4 Å². The van der Waals surface area contributed by atoms with Gasteiger partial charge >= 0.3 is 12.0 Å². The van der Waals surface area contributed by atoms with Crippen molar-refractivity contribution in [1.29, 1.82) is 0 Å². The smallest absolute Gasteiger partial charge is 0.338 e. The molecule has 136 valence electrons. The molecule has 0 aliphatic heterocycles. The molecule has 1 aromatic rings. The molecular formula is C16H23N5O4. The summed E-state index contributed by atoms with van der Waals surface area (Å²) in [5, 5.41) is 3.79. The molecule has 0 fully saturated rings. The molecule has 0 radical (unpaired) electrons. The minimum absolute atomic E-state index is 0.119. The Kier molecular flexibility index (Phi) is 8.07. The standard InChI is InChI=1S/C16H23N5O4/c1-3-25-15(23)12-4-6-14(7-5-12)21(11(2)22)9-8-13(10-17)19-20-16(18)24/h4-7H,3,8-10,17H2,1-2H3,(H3,18,20,24)/b19-13-. The molecule has 9 nitrogen and oxygen atoms in total. The van der Waals surface area contributed by atoms with Crippen LogP contribution in [0.1, 0.15) is 30.6 Å². The number of hydrazone groups is 1. The molecule has 0 unspecified atom stereocenters. The average Bonchev–Trinajstić information content (AvgIpc) is 2.58. The Hall–Kier alpha value is -2.94. The molecule has 9 heteroatoms. The largest absolute Gasteiger partial charge is 0.462 e. The maximum absolute atomic E-state index is 11.9. The number of nitrogens with two attached hydrogens (primary N) is 2. The summed E-state index contributed by atoms with van der Waals surface area (Å²) >= 11 is 0. The van der Waals surface area contributed by atoms with Crippen LogP contribution in [0.25, 0.3) is 0 Å². The molecule has 0 spiro atoms. The Morgan fingerprint density at radius 2 is 1.88 bits per heavy atom. The Bertz CT molecular complexity index is 642. The monoisotopic (exact) mass is 349 g/mol. The lowest BCUT2D eigenvalue weighted by atomic mass is 10.1. The maximum atomic E-state index is 11.9. The molecular weight excluding hydrogens is 326 g/mol. The molecule has 0 saturated heterocycles. The highest BCUT2D eigenvalue weighted by Gasteiger charge is 2.14. The van der Waals surface area contributed by atoms with E-state index in [1.807, 2.05) is 0 Å². The van der Waals surface area contributed by atoms with Crippen LogP contribution in [0.3, 0.4) is 0 Å². The maximum Gasteiger partial charge on any atom is 0.338 e. The zero-order chi connectivity index (χ0) is 18.8. The summed E-state index contributed by atoms with van der Waals surface area (Å²) in [6, 6.07) is 5.72. The van der Waals surface area contributed by atoms with Gasteiger partial charge in [-0.2, -0.15) is 5.10 Å². The lowest BCUT2D eigenvalue weighted by Crippen LogP contribution is -2.33. The summed E-state index contributed by atoms with van der Waals surface area (Å²) in [4.78, 5) is 35.8. The van der Waals surface area contributed by atoms with Gasteiger partial charge in [-0.05, 0) is 31.2 Å². The van der Waals surface area contributed by atoms with Crippen LogP contribution in [0.2, 0.25) is 0 Å². The Morgan fingerprint density at radius 3 is 2.36 bits per heavy atom. The fraction of sp³-hybridized carbons (Fsp3) is 0.375. The van der Waals surface area contributed by atoms with Gasteiger partial charge in [-0.25, -0.2) is 15.0 Å². The van der Waals surface area contributed by atoms with E-state index < -0.39 is 12.0 Å². The zero-order valence-electron chi connectivity index (χ0n) is 14.3. The topological polar surface area (TPSA) is 140 Å². The SMILES string of the molecule is CCOC(=O)c1ccc(N(CC/C(CN)=N/NC(N)=O)C(C)=O)cc1. The molecule has 1 rings (SSSR count). The number of primary amides is 1. The Morgan fingerprint density at radius 1 is 1.24 bits per heavy atom. The molecule has 0 bridgehead atoms. The number of anilines is 1. The number of urea groups is 1. The van der Waals surface area contributed by atoms with Crippen LogP contribution < -0.4 is 21.8 Å². The van der Waals surface area contributed by atoms with Crippen LogP contribution in [0.4, 0.5) is 10.5 Å². The fourth-order valence-electron chi connectivity index (χ4n) is 2.04. The molecule has 25 heavy (non-hydrogen) atoms. The summed E-state index contributed by atoms with van der Waals surface area (Å²) in [5.74, 6) is -0.596. The van der Waals surface area contributed by atoms with Crippen LogP contribution >= 0.6 is 0 Å². The number of hydrogen-bond acceptors (Lipinski definition) is 6. The number of ether oxygens (including phenoxy) is 1. The number of nitrogens with zero attached hydrogens (tertiary/aromatic N) is 2. The molecule has 3 amide bonds. The van der Waals surface area contributed by atoms with E-state index >= 15 is 0 Å². The van der Waals surface area contributed by atoms with E-state index in [1.165, 1.54) is 11.8 Å². The van der Waals surface area contributed by atoms with Gasteiger partial charge in [0.15, 0.2) is 0 Å². The average molecular weight is 349 g/mol. The fourth-order valence-corrected chi connectivity index (χ4v) is 2.04. The van der Waals surface area contributed by atoms with Gasteiger partial charge in [-0.15, -0.1) is 0 Å². The molecule has 0 aliphatic carbocycles. The first-order chi connectivity index (χ1) is 11.9. The van der Waals surface area contributed by atoms with Crippen LogP contribution in [-0.2, 0) is 9.53 Å². The van der Waals surface area contributed by atoms with E-state index in [1.54, 1.807) is 31.2 Å². The van der Waals surface area contributed by atoms with Crippen molar-refractivity contribution in [3.8, 4) is 0 Å². The number of hydrogen-bond donors (Lipinski definition) is 3. The van der Waals surface area contributed by atoms with Crippen molar-refractivity contribution >= 4 is 29.3 Å². The lowest BCUT2D eigenvalue weighted by molar-refractivity contribution is -0.116. The van der Waals surface area contributed by atoms with Gasteiger partial charge in [-0.1, -0.05) is 0 Å². The van der Waals surface area contributed by atoms with Crippen molar-refractivity contribution in [2.75, 3.05) is 24.6 Å². The third-order valence-electron chi connectivity index (χ3n) is 3.25. The normalized spacial score (nSPS) is 10.9. The molecule has 0 atom stereocenters. The van der Waals surface area contributed by atoms with Gasteiger partial charge in [0.25, 0.3) is 0 Å². The van der Waals surface area contributed by atoms with Crippen molar-refractivity contribution < 1.29 is 19.1 Å². The van der Waals surface area contributed by atoms with E-state index in [4.69, 9.17) is 16.2 Å². The van der Waals surface area contributed by atoms with Crippen molar-refractivity contribution in [2.24, 2.45) is 16.6 Å². The Labute approximate surface area is 146 Å². The Balaban J connectivity index is 2.83. The second-order valence-corrected chi connectivity index (χ2v) is 5.05. The number of nitrogens with one attached hydrogen (secondary N) is 1. The predicted octanol–water partition coefficient (Wildman–Crippen LogP) is 0.589. The molecule has 0 aromatic heterocycles. The van der Waals surface area contributed by atoms with E-state index in [9.17, 15) is 14.4 Å². The zero-order valence-corrected chi connectivity index (χ0v) is 14.3. The van der Waals surface area contributed by atoms with Gasteiger partial charge in [0.05, 0.1) is 17.9 Å². The minimum atomic E-state index is -0.788. The van der Waals surface area contributed by atoms with Crippen molar-refractivity contribution in [2.45, 2.75) is 20.3 Å². The number of esters is 1. The van der Waals surface area contributed by atoms with E-state index in [0.29, 0.717) is 36.5 Å². The quantitative estimate of drug-likeness (QED) is 0.358. The van der Waals surface area contributed by atoms with Gasteiger partial charge in [-0.3, -0.25) is 4.79 Å². The van der Waals surface area contributed by atoms with Crippen molar-refractivity contribution in [1.82, 2.24) is 5.43 Å². The first-order valence-corrected chi connectivity index (χ1v) is 7.75. The number of amides is 3. The number of carbonyl (C=O) groups excluding carboxylic acids is 3. The molecule has 0 aliphatic rings. The van der Waals surface area contributed by atoms with Crippen molar-refractivity contribution in [3.05, 3.63) is 29.8 Å². The van der Waals surface area contributed by atoms with Gasteiger partial charge in [0, 0.05) is 32.1 Å². The van der Waals surface area contributed by atoms with Crippen LogP contribution in [-0.4, -0.2) is 43.3 Å². The van der Waals surface area contributed by atoms with E-state index in [-0.39, 0.29) is 12.5 Å². The molecule has 1 aromatic carbocycles. The summed E-state index contributed by atoms with van der Waals surface area (Å²) in [6.45, 7) is 3.88. The third-order valence-corrected chi connectivity index (χ3v) is 3.25. The van der Waals surface area contributed by atoms with Gasteiger partial charge in [0.1, 0.15) is 0 Å².